The highest BCUT2D eigenvalue weighted by atomic mass is 19.4. The predicted molar refractivity (Wildman–Crippen MR) is 85.5 cm³/mol. The molecule has 0 amide bonds. The van der Waals surface area contributed by atoms with Crippen molar-refractivity contribution in [3.63, 3.8) is 0 Å². The van der Waals surface area contributed by atoms with Gasteiger partial charge in [-0.05, 0) is 37.5 Å². The van der Waals surface area contributed by atoms with E-state index in [-0.39, 0.29) is 11.5 Å². The molecule has 1 fully saturated rings. The Morgan fingerprint density at radius 2 is 2.04 bits per heavy atom. The van der Waals surface area contributed by atoms with Gasteiger partial charge in [0.25, 0.3) is 0 Å². The van der Waals surface area contributed by atoms with Gasteiger partial charge < -0.3 is 20.1 Å². The number of guanidine groups is 1. The lowest BCUT2D eigenvalue weighted by Gasteiger charge is -2.14. The minimum absolute atomic E-state index is 0.0607. The highest BCUT2D eigenvalue weighted by molar-refractivity contribution is 5.80. The van der Waals surface area contributed by atoms with Gasteiger partial charge in [0.05, 0.1) is 13.7 Å². The van der Waals surface area contributed by atoms with Crippen molar-refractivity contribution in [3.8, 4) is 11.5 Å². The number of nitrogens with one attached hydrogen (secondary N) is 2. The van der Waals surface area contributed by atoms with Crippen LogP contribution in [0.2, 0.25) is 0 Å². The first-order chi connectivity index (χ1) is 11.4. The number of ether oxygens (including phenoxy) is 2. The molecule has 0 bridgehead atoms. The Kier molecular flexibility index (Phi) is 6.16. The second-order valence-electron chi connectivity index (χ2n) is 5.50. The smallest absolute Gasteiger partial charge is 0.422 e. The summed E-state index contributed by atoms with van der Waals surface area (Å²) in [5.74, 6) is 1.05. The first-order valence-corrected chi connectivity index (χ1v) is 7.82. The lowest BCUT2D eigenvalue weighted by atomic mass is 10.2. The van der Waals surface area contributed by atoms with Crippen LogP contribution >= 0.6 is 0 Å². The minimum Gasteiger partial charge on any atom is -0.493 e. The van der Waals surface area contributed by atoms with Gasteiger partial charge in [0.15, 0.2) is 24.1 Å². The van der Waals surface area contributed by atoms with Gasteiger partial charge in [-0.15, -0.1) is 0 Å². The summed E-state index contributed by atoms with van der Waals surface area (Å²) in [4.78, 5) is 4.47. The van der Waals surface area contributed by atoms with Gasteiger partial charge in [-0.1, -0.05) is 6.07 Å². The van der Waals surface area contributed by atoms with E-state index in [4.69, 9.17) is 9.47 Å². The van der Waals surface area contributed by atoms with Gasteiger partial charge >= 0.3 is 6.18 Å². The van der Waals surface area contributed by atoms with E-state index in [0.29, 0.717) is 12.6 Å². The predicted octanol–water partition coefficient (Wildman–Crippen LogP) is 2.85. The number of rotatable bonds is 7. The number of benzene rings is 1. The molecular weight excluding hydrogens is 323 g/mol. The molecule has 5 nitrogen and oxygen atoms in total. The molecule has 0 aromatic heterocycles. The highest BCUT2D eigenvalue weighted by Gasteiger charge is 2.29. The molecule has 0 unspecified atom stereocenters. The third kappa shape index (κ3) is 6.17. The zero-order valence-electron chi connectivity index (χ0n) is 13.7. The molecule has 24 heavy (non-hydrogen) atoms. The van der Waals surface area contributed by atoms with Gasteiger partial charge in [0, 0.05) is 12.6 Å². The van der Waals surface area contributed by atoms with Crippen LogP contribution < -0.4 is 20.1 Å². The van der Waals surface area contributed by atoms with Crippen LogP contribution in [0.3, 0.4) is 0 Å². The van der Waals surface area contributed by atoms with E-state index in [0.717, 1.165) is 30.9 Å². The van der Waals surface area contributed by atoms with Crippen molar-refractivity contribution >= 4 is 5.96 Å². The fraction of sp³-hybridized carbons (Fsp3) is 0.562. The molecule has 2 rings (SSSR count). The molecule has 0 radical (unpaired) electrons. The minimum atomic E-state index is -4.39. The second-order valence-corrected chi connectivity index (χ2v) is 5.50. The average molecular weight is 345 g/mol. The van der Waals surface area contributed by atoms with Gasteiger partial charge in [0.1, 0.15) is 0 Å². The third-order valence-electron chi connectivity index (χ3n) is 3.30. The van der Waals surface area contributed by atoms with Crippen molar-refractivity contribution in [2.75, 3.05) is 20.3 Å². The van der Waals surface area contributed by atoms with E-state index in [1.807, 2.05) is 6.92 Å². The van der Waals surface area contributed by atoms with E-state index >= 15 is 0 Å². The lowest BCUT2D eigenvalue weighted by molar-refractivity contribution is -0.153. The topological polar surface area (TPSA) is 54.9 Å². The number of nitrogens with zero attached hydrogens (tertiary/aromatic N) is 1. The maximum absolute atomic E-state index is 12.3. The van der Waals surface area contributed by atoms with E-state index in [9.17, 15) is 13.2 Å². The van der Waals surface area contributed by atoms with Crippen molar-refractivity contribution in [3.05, 3.63) is 23.8 Å². The van der Waals surface area contributed by atoms with E-state index in [1.165, 1.54) is 13.2 Å². The Balaban J connectivity index is 2.01. The molecule has 0 atom stereocenters. The summed E-state index contributed by atoms with van der Waals surface area (Å²) >= 11 is 0. The quantitative estimate of drug-likeness (QED) is 0.589. The van der Waals surface area contributed by atoms with Crippen LogP contribution in [-0.2, 0) is 6.54 Å². The van der Waals surface area contributed by atoms with E-state index in [1.54, 1.807) is 12.1 Å². The summed E-state index contributed by atoms with van der Waals surface area (Å²) in [7, 11) is 1.39. The zero-order valence-corrected chi connectivity index (χ0v) is 13.7. The lowest BCUT2D eigenvalue weighted by Crippen LogP contribution is -2.38. The zero-order chi connectivity index (χ0) is 17.6. The number of methoxy groups -OCH3 is 1. The van der Waals surface area contributed by atoms with Crippen LogP contribution in [0, 0.1) is 0 Å². The molecule has 0 saturated heterocycles. The Labute approximate surface area is 139 Å². The third-order valence-corrected chi connectivity index (χ3v) is 3.30. The highest BCUT2D eigenvalue weighted by Crippen LogP contribution is 2.30. The largest absolute Gasteiger partial charge is 0.493 e. The number of halogens is 3. The van der Waals surface area contributed by atoms with E-state index < -0.39 is 12.8 Å². The second kappa shape index (κ2) is 8.12. The Hall–Kier alpha value is -2.12. The van der Waals surface area contributed by atoms with Crippen molar-refractivity contribution in [1.82, 2.24) is 10.6 Å². The molecule has 134 valence electrons. The fourth-order valence-electron chi connectivity index (χ4n) is 2.00. The van der Waals surface area contributed by atoms with Crippen molar-refractivity contribution in [1.29, 1.82) is 0 Å². The molecule has 1 aliphatic rings. The van der Waals surface area contributed by atoms with Gasteiger partial charge in [-0.25, -0.2) is 4.99 Å². The van der Waals surface area contributed by atoms with Crippen LogP contribution in [0.4, 0.5) is 13.2 Å². The number of aliphatic imine (C=N–C) groups is 1. The SMILES string of the molecule is CCNC(=NCc1ccc(OCC(F)(F)F)c(OC)c1)NC1CC1. The summed E-state index contributed by atoms with van der Waals surface area (Å²) in [6.45, 7) is 1.78. The van der Waals surface area contributed by atoms with Crippen molar-refractivity contribution < 1.29 is 22.6 Å². The summed E-state index contributed by atoms with van der Waals surface area (Å²) in [5.41, 5.74) is 0.819. The molecule has 1 saturated carbocycles. The molecule has 1 aliphatic carbocycles. The number of alkyl halides is 3. The maximum atomic E-state index is 12.3. The molecule has 0 aliphatic heterocycles. The van der Waals surface area contributed by atoms with Crippen LogP contribution in [-0.4, -0.2) is 38.4 Å². The van der Waals surface area contributed by atoms with Crippen LogP contribution in [0.1, 0.15) is 25.3 Å². The van der Waals surface area contributed by atoms with Crippen molar-refractivity contribution in [2.45, 2.75) is 38.5 Å². The maximum Gasteiger partial charge on any atom is 0.422 e. The van der Waals surface area contributed by atoms with Crippen LogP contribution in [0.15, 0.2) is 23.2 Å². The van der Waals surface area contributed by atoms with Crippen LogP contribution in [0.25, 0.3) is 0 Å². The molecule has 0 spiro atoms. The van der Waals surface area contributed by atoms with Crippen LogP contribution in [0.5, 0.6) is 11.5 Å². The Morgan fingerprint density at radius 1 is 1.29 bits per heavy atom. The molecular formula is C16H22F3N3O2. The Morgan fingerprint density at radius 3 is 2.62 bits per heavy atom. The standard InChI is InChI=1S/C16H22F3N3O2/c1-3-20-15(22-12-5-6-12)21-9-11-4-7-13(14(8-11)23-2)24-10-16(17,18)19/h4,7-8,12H,3,5-6,9-10H2,1-2H3,(H2,20,21,22). The van der Waals surface area contributed by atoms with Gasteiger partial charge in [-0.2, -0.15) is 13.2 Å². The summed E-state index contributed by atoms with van der Waals surface area (Å²) in [6.07, 6.45) is -2.10. The molecule has 0 heterocycles. The van der Waals surface area contributed by atoms with Gasteiger partial charge in [0.2, 0.25) is 0 Å². The molecule has 2 N–H and O–H groups in total. The van der Waals surface area contributed by atoms with Gasteiger partial charge in [-0.3, -0.25) is 0 Å². The number of hydrogen-bond acceptors (Lipinski definition) is 3. The van der Waals surface area contributed by atoms with E-state index in [2.05, 4.69) is 15.6 Å². The number of hydrogen-bond donors (Lipinski definition) is 2. The molecule has 8 heteroatoms. The fourth-order valence-corrected chi connectivity index (χ4v) is 2.00. The first-order valence-electron chi connectivity index (χ1n) is 7.82. The Bertz CT molecular complexity index is 572. The summed E-state index contributed by atoms with van der Waals surface area (Å²) in [5, 5.41) is 6.46. The molecule has 1 aromatic rings. The summed E-state index contributed by atoms with van der Waals surface area (Å²) < 4.78 is 46.6. The van der Waals surface area contributed by atoms with Crippen molar-refractivity contribution in [2.24, 2.45) is 4.99 Å². The summed E-state index contributed by atoms with van der Waals surface area (Å²) in [6, 6.07) is 5.26. The average Bonchev–Trinajstić information content (AvgIpc) is 3.34. The monoisotopic (exact) mass is 345 g/mol. The first kappa shape index (κ1) is 18.2. The normalized spacial score (nSPS) is 15.1. The molecule has 1 aromatic carbocycles.